The lowest BCUT2D eigenvalue weighted by Gasteiger charge is -2.27. The Labute approximate surface area is 123 Å². The molecule has 1 aromatic rings. The Morgan fingerprint density at radius 3 is 2.70 bits per heavy atom. The highest BCUT2D eigenvalue weighted by atomic mass is 15.1. The number of hydrogen-bond acceptors (Lipinski definition) is 2. The van der Waals surface area contributed by atoms with E-state index in [1.54, 1.807) is 0 Å². The Morgan fingerprint density at radius 2 is 1.90 bits per heavy atom. The van der Waals surface area contributed by atoms with Crippen LogP contribution in [0.5, 0.6) is 0 Å². The monoisotopic (exact) mass is 275 g/mol. The van der Waals surface area contributed by atoms with Gasteiger partial charge in [0.15, 0.2) is 0 Å². The van der Waals surface area contributed by atoms with Gasteiger partial charge in [0.1, 0.15) is 5.82 Å². The second-order valence-corrected chi connectivity index (χ2v) is 6.82. The third-order valence-corrected chi connectivity index (χ3v) is 5.21. The molecule has 0 spiro atoms. The molecule has 0 bridgehead atoms. The highest BCUT2D eigenvalue weighted by molar-refractivity contribution is 5.19. The SMILES string of the molecule is Cc1nc2c(n1CCNC1CCC(C)CC1)CCCC2. The van der Waals surface area contributed by atoms with E-state index in [0.717, 1.165) is 25.0 Å². The number of nitrogens with one attached hydrogen (secondary N) is 1. The first-order valence-electron chi connectivity index (χ1n) is 8.52. The summed E-state index contributed by atoms with van der Waals surface area (Å²) in [5.41, 5.74) is 2.90. The lowest BCUT2D eigenvalue weighted by atomic mass is 9.87. The summed E-state index contributed by atoms with van der Waals surface area (Å²) in [7, 11) is 0. The van der Waals surface area contributed by atoms with Crippen LogP contribution in [-0.4, -0.2) is 22.1 Å². The summed E-state index contributed by atoms with van der Waals surface area (Å²) < 4.78 is 2.47. The van der Waals surface area contributed by atoms with E-state index in [9.17, 15) is 0 Å². The molecule has 3 rings (SSSR count). The van der Waals surface area contributed by atoms with Crippen LogP contribution in [0.2, 0.25) is 0 Å². The van der Waals surface area contributed by atoms with Crippen molar-refractivity contribution in [2.24, 2.45) is 5.92 Å². The van der Waals surface area contributed by atoms with E-state index >= 15 is 0 Å². The molecule has 0 atom stereocenters. The molecule has 1 N–H and O–H groups in total. The second-order valence-electron chi connectivity index (χ2n) is 6.82. The van der Waals surface area contributed by atoms with Gasteiger partial charge in [-0.15, -0.1) is 0 Å². The first kappa shape index (κ1) is 14.1. The molecule has 112 valence electrons. The predicted octanol–water partition coefficient (Wildman–Crippen LogP) is 3.24. The van der Waals surface area contributed by atoms with Crippen LogP contribution < -0.4 is 5.32 Å². The molecule has 2 aliphatic carbocycles. The number of aromatic nitrogens is 2. The van der Waals surface area contributed by atoms with Gasteiger partial charge in [0.05, 0.1) is 5.69 Å². The van der Waals surface area contributed by atoms with Gasteiger partial charge in [-0.25, -0.2) is 4.98 Å². The molecular weight excluding hydrogens is 246 g/mol. The summed E-state index contributed by atoms with van der Waals surface area (Å²) >= 11 is 0. The molecule has 3 nitrogen and oxygen atoms in total. The van der Waals surface area contributed by atoms with E-state index in [1.807, 2.05) is 0 Å². The zero-order chi connectivity index (χ0) is 13.9. The van der Waals surface area contributed by atoms with Crippen LogP contribution in [0.25, 0.3) is 0 Å². The Morgan fingerprint density at radius 1 is 1.15 bits per heavy atom. The third-order valence-electron chi connectivity index (χ3n) is 5.21. The standard InChI is InChI=1S/C17H29N3/c1-13-7-9-15(10-8-13)18-11-12-20-14(2)19-16-5-3-4-6-17(16)20/h13,15,18H,3-12H2,1-2H3. The van der Waals surface area contributed by atoms with Crippen LogP contribution in [0.4, 0.5) is 0 Å². The molecule has 20 heavy (non-hydrogen) atoms. The van der Waals surface area contributed by atoms with Crippen molar-refractivity contribution in [2.75, 3.05) is 6.54 Å². The van der Waals surface area contributed by atoms with Crippen molar-refractivity contribution in [2.45, 2.75) is 77.8 Å². The van der Waals surface area contributed by atoms with Crippen molar-refractivity contribution in [3.05, 3.63) is 17.2 Å². The fourth-order valence-corrected chi connectivity index (χ4v) is 3.88. The molecule has 2 aliphatic rings. The fourth-order valence-electron chi connectivity index (χ4n) is 3.88. The van der Waals surface area contributed by atoms with Gasteiger partial charge in [0, 0.05) is 24.8 Å². The van der Waals surface area contributed by atoms with E-state index in [-0.39, 0.29) is 0 Å². The van der Waals surface area contributed by atoms with Gasteiger partial charge < -0.3 is 9.88 Å². The highest BCUT2D eigenvalue weighted by Gasteiger charge is 2.19. The average molecular weight is 275 g/mol. The maximum atomic E-state index is 4.76. The Hall–Kier alpha value is -0.830. The summed E-state index contributed by atoms with van der Waals surface area (Å²) in [5.74, 6) is 2.16. The van der Waals surface area contributed by atoms with Crippen molar-refractivity contribution in [1.82, 2.24) is 14.9 Å². The number of aryl methyl sites for hydroxylation is 2. The molecule has 0 saturated heterocycles. The molecule has 1 aromatic heterocycles. The zero-order valence-corrected chi connectivity index (χ0v) is 13.1. The number of imidazole rings is 1. The van der Waals surface area contributed by atoms with Crippen LogP contribution in [0.15, 0.2) is 0 Å². The van der Waals surface area contributed by atoms with E-state index < -0.39 is 0 Å². The minimum Gasteiger partial charge on any atom is -0.331 e. The van der Waals surface area contributed by atoms with Gasteiger partial charge in [-0.3, -0.25) is 0 Å². The lowest BCUT2D eigenvalue weighted by molar-refractivity contribution is 0.304. The van der Waals surface area contributed by atoms with E-state index in [1.165, 1.54) is 68.6 Å². The van der Waals surface area contributed by atoms with Crippen molar-refractivity contribution < 1.29 is 0 Å². The Kier molecular flexibility index (Phi) is 4.45. The molecule has 0 radical (unpaired) electrons. The summed E-state index contributed by atoms with van der Waals surface area (Å²) in [6.07, 6.45) is 10.6. The van der Waals surface area contributed by atoms with Crippen molar-refractivity contribution in [3.8, 4) is 0 Å². The fraction of sp³-hybridized carbons (Fsp3) is 0.824. The number of nitrogens with zero attached hydrogens (tertiary/aromatic N) is 2. The summed E-state index contributed by atoms with van der Waals surface area (Å²) in [6, 6.07) is 0.755. The molecule has 0 amide bonds. The van der Waals surface area contributed by atoms with Crippen molar-refractivity contribution in [1.29, 1.82) is 0 Å². The molecular formula is C17H29N3. The first-order valence-corrected chi connectivity index (χ1v) is 8.52. The summed E-state index contributed by atoms with van der Waals surface area (Å²) in [4.78, 5) is 4.76. The van der Waals surface area contributed by atoms with Gasteiger partial charge in [0.2, 0.25) is 0 Å². The van der Waals surface area contributed by atoms with E-state index in [4.69, 9.17) is 4.98 Å². The largest absolute Gasteiger partial charge is 0.331 e. The van der Waals surface area contributed by atoms with Crippen LogP contribution in [0.1, 0.15) is 62.7 Å². The first-order chi connectivity index (χ1) is 9.74. The van der Waals surface area contributed by atoms with E-state index in [2.05, 4.69) is 23.7 Å². The second kappa shape index (κ2) is 6.30. The molecule has 3 heteroatoms. The maximum absolute atomic E-state index is 4.76. The topological polar surface area (TPSA) is 29.9 Å². The van der Waals surface area contributed by atoms with Crippen LogP contribution in [0.3, 0.4) is 0 Å². The molecule has 1 heterocycles. The average Bonchev–Trinajstić information content (AvgIpc) is 2.77. The van der Waals surface area contributed by atoms with Gasteiger partial charge in [-0.2, -0.15) is 0 Å². The lowest BCUT2D eigenvalue weighted by Crippen LogP contribution is -2.35. The van der Waals surface area contributed by atoms with Gasteiger partial charge in [-0.1, -0.05) is 6.92 Å². The normalized spacial score (nSPS) is 26.5. The minimum atomic E-state index is 0.755. The van der Waals surface area contributed by atoms with Gasteiger partial charge >= 0.3 is 0 Å². The molecule has 1 saturated carbocycles. The van der Waals surface area contributed by atoms with E-state index in [0.29, 0.717) is 0 Å². The highest BCUT2D eigenvalue weighted by Crippen LogP contribution is 2.24. The quantitative estimate of drug-likeness (QED) is 0.914. The molecule has 0 unspecified atom stereocenters. The number of hydrogen-bond donors (Lipinski definition) is 1. The molecule has 0 aliphatic heterocycles. The van der Waals surface area contributed by atoms with Crippen LogP contribution in [-0.2, 0) is 19.4 Å². The summed E-state index contributed by atoms with van der Waals surface area (Å²) in [6.45, 7) is 6.75. The molecule has 1 fully saturated rings. The van der Waals surface area contributed by atoms with Gasteiger partial charge in [-0.05, 0) is 64.2 Å². The Bertz CT molecular complexity index is 441. The number of rotatable bonds is 4. The minimum absolute atomic E-state index is 0.755. The number of fused-ring (bicyclic) bond motifs is 1. The van der Waals surface area contributed by atoms with Crippen molar-refractivity contribution in [3.63, 3.8) is 0 Å². The van der Waals surface area contributed by atoms with Crippen LogP contribution >= 0.6 is 0 Å². The van der Waals surface area contributed by atoms with Crippen LogP contribution in [0, 0.1) is 12.8 Å². The third kappa shape index (κ3) is 3.08. The predicted molar refractivity (Wildman–Crippen MR) is 83.0 cm³/mol. The summed E-state index contributed by atoms with van der Waals surface area (Å²) in [5, 5.41) is 3.77. The Balaban J connectivity index is 1.52. The van der Waals surface area contributed by atoms with Gasteiger partial charge in [0.25, 0.3) is 0 Å². The smallest absolute Gasteiger partial charge is 0.106 e. The molecule has 0 aromatic carbocycles. The maximum Gasteiger partial charge on any atom is 0.106 e. The van der Waals surface area contributed by atoms with Crippen molar-refractivity contribution >= 4 is 0 Å². The zero-order valence-electron chi connectivity index (χ0n) is 13.1.